The molecule has 0 aliphatic rings. The zero-order chi connectivity index (χ0) is 15.5. The molecule has 1 aromatic rings. The van der Waals surface area contributed by atoms with E-state index < -0.39 is 0 Å². The van der Waals surface area contributed by atoms with Gasteiger partial charge in [0.1, 0.15) is 0 Å². The van der Waals surface area contributed by atoms with Crippen molar-refractivity contribution in [2.24, 2.45) is 0 Å². The number of unbranched alkanes of at least 4 members (excludes halogenated alkanes) is 3. The Morgan fingerprint density at radius 1 is 1.19 bits per heavy atom. The van der Waals surface area contributed by atoms with Crippen LogP contribution in [-0.4, -0.2) is 18.1 Å². The summed E-state index contributed by atoms with van der Waals surface area (Å²) in [5, 5.41) is 0. The van der Waals surface area contributed by atoms with Crippen LogP contribution in [0.15, 0.2) is 42.1 Å². The minimum Gasteiger partial charge on any atom is -0.452 e. The first-order chi connectivity index (χ1) is 10.2. The molecule has 21 heavy (non-hydrogen) atoms. The van der Waals surface area contributed by atoms with Gasteiger partial charge in [0, 0.05) is 6.20 Å². The zero-order valence-corrected chi connectivity index (χ0v) is 13.5. The Balaban J connectivity index is 2.62. The van der Waals surface area contributed by atoms with Gasteiger partial charge >= 0.3 is 6.09 Å². The molecule has 1 rings (SSSR count). The molecule has 0 aliphatic heterocycles. The van der Waals surface area contributed by atoms with Gasteiger partial charge in [-0.15, -0.1) is 0 Å². The topological polar surface area (TPSA) is 29.5 Å². The molecule has 1 aromatic carbocycles. The minimum atomic E-state index is -0.313. The van der Waals surface area contributed by atoms with Crippen molar-refractivity contribution in [3.05, 3.63) is 47.7 Å². The molecule has 0 aliphatic carbocycles. The number of hydrogen-bond donors (Lipinski definition) is 0. The molecule has 0 fully saturated rings. The number of allylic oxidation sites excluding steroid dienone is 1. The molecule has 0 bridgehead atoms. The summed E-state index contributed by atoms with van der Waals surface area (Å²) in [4.78, 5) is 13.5. The van der Waals surface area contributed by atoms with Crippen molar-refractivity contribution < 1.29 is 9.53 Å². The summed E-state index contributed by atoms with van der Waals surface area (Å²) in [6, 6.07) is 9.96. The molecule has 0 saturated heterocycles. The third-order valence-electron chi connectivity index (χ3n) is 3.41. The number of amides is 1. The number of ether oxygens (including phenoxy) is 1. The maximum absolute atomic E-state index is 11.9. The first-order valence-electron chi connectivity index (χ1n) is 7.73. The molecule has 3 heteroatoms. The normalized spacial score (nSPS) is 11.3. The fourth-order valence-corrected chi connectivity index (χ4v) is 2.22. The van der Waals surface area contributed by atoms with Gasteiger partial charge < -0.3 is 4.74 Å². The van der Waals surface area contributed by atoms with Gasteiger partial charge in [-0.1, -0.05) is 62.1 Å². The smallest absolute Gasteiger partial charge is 0.413 e. The summed E-state index contributed by atoms with van der Waals surface area (Å²) in [6.07, 6.45) is 7.58. The van der Waals surface area contributed by atoms with Gasteiger partial charge in [-0.05, 0) is 25.3 Å². The van der Waals surface area contributed by atoms with E-state index in [1.54, 1.807) is 4.90 Å². The second-order valence-corrected chi connectivity index (χ2v) is 5.37. The zero-order valence-electron chi connectivity index (χ0n) is 13.5. The average Bonchev–Trinajstić information content (AvgIpc) is 2.51. The third kappa shape index (κ3) is 6.98. The summed E-state index contributed by atoms with van der Waals surface area (Å²) >= 11 is 0. The van der Waals surface area contributed by atoms with Crippen molar-refractivity contribution in [3.63, 3.8) is 0 Å². The number of nitrogens with zero attached hydrogens (tertiary/aromatic N) is 1. The summed E-state index contributed by atoms with van der Waals surface area (Å²) in [5.41, 5.74) is 2.31. The van der Waals surface area contributed by atoms with Crippen molar-refractivity contribution in [2.45, 2.75) is 52.5 Å². The first-order valence-corrected chi connectivity index (χ1v) is 7.73. The van der Waals surface area contributed by atoms with Crippen LogP contribution in [0.1, 0.15) is 51.5 Å². The first kappa shape index (κ1) is 17.3. The molecule has 0 N–H and O–H groups in total. The average molecular weight is 289 g/mol. The number of methoxy groups -OCH3 is 1. The van der Waals surface area contributed by atoms with E-state index in [9.17, 15) is 4.79 Å². The summed E-state index contributed by atoms with van der Waals surface area (Å²) in [7, 11) is 1.42. The maximum Gasteiger partial charge on any atom is 0.413 e. The second kappa shape index (κ2) is 10.0. The Labute approximate surface area is 128 Å². The lowest BCUT2D eigenvalue weighted by atomic mass is 10.1. The molecule has 0 saturated carbocycles. The van der Waals surface area contributed by atoms with Crippen LogP contribution in [0.4, 0.5) is 4.79 Å². The van der Waals surface area contributed by atoms with E-state index in [4.69, 9.17) is 4.74 Å². The fraction of sp³-hybridized carbons (Fsp3) is 0.500. The van der Waals surface area contributed by atoms with Gasteiger partial charge in [0.05, 0.1) is 13.7 Å². The lowest BCUT2D eigenvalue weighted by Gasteiger charge is -2.18. The van der Waals surface area contributed by atoms with Gasteiger partial charge in [0.15, 0.2) is 0 Å². The van der Waals surface area contributed by atoms with Crippen LogP contribution in [0.3, 0.4) is 0 Å². The standard InChI is InChI=1S/C18H27NO2/c1-4-5-6-8-11-16(2)14-19(18(20)21-3)15-17-12-9-7-10-13-17/h7,9-10,12-14H,4-6,8,11,15H2,1-3H3/b16-14-. The molecule has 0 radical (unpaired) electrons. The molecular formula is C18H27NO2. The lowest BCUT2D eigenvalue weighted by molar-refractivity contribution is 0.137. The van der Waals surface area contributed by atoms with Gasteiger partial charge in [0.25, 0.3) is 0 Å². The van der Waals surface area contributed by atoms with E-state index in [1.807, 2.05) is 36.5 Å². The highest BCUT2D eigenvalue weighted by molar-refractivity contribution is 5.68. The Bertz CT molecular complexity index is 440. The highest BCUT2D eigenvalue weighted by Crippen LogP contribution is 2.13. The number of carbonyl (C=O) groups is 1. The van der Waals surface area contributed by atoms with E-state index in [-0.39, 0.29) is 6.09 Å². The van der Waals surface area contributed by atoms with Crippen molar-refractivity contribution in [1.82, 2.24) is 4.90 Å². The third-order valence-corrected chi connectivity index (χ3v) is 3.41. The maximum atomic E-state index is 11.9. The van der Waals surface area contributed by atoms with Crippen molar-refractivity contribution in [1.29, 1.82) is 0 Å². The molecule has 0 heterocycles. The van der Waals surface area contributed by atoms with Gasteiger partial charge in [-0.25, -0.2) is 4.79 Å². The quantitative estimate of drug-likeness (QED) is 0.621. The van der Waals surface area contributed by atoms with E-state index in [2.05, 4.69) is 13.8 Å². The SMILES string of the molecule is CCCCCC/C(C)=C\N(Cc1ccccc1)C(=O)OC. The van der Waals surface area contributed by atoms with Gasteiger partial charge in [-0.3, -0.25) is 4.90 Å². The van der Waals surface area contributed by atoms with Crippen LogP contribution in [-0.2, 0) is 11.3 Å². The molecule has 0 unspecified atom stereocenters. The molecule has 116 valence electrons. The van der Waals surface area contributed by atoms with Crippen molar-refractivity contribution >= 4 is 6.09 Å². The Morgan fingerprint density at radius 3 is 2.52 bits per heavy atom. The van der Waals surface area contributed by atoms with Crippen LogP contribution in [0.25, 0.3) is 0 Å². The predicted molar refractivity (Wildman–Crippen MR) is 86.9 cm³/mol. The predicted octanol–water partition coefficient (Wildman–Crippen LogP) is 5.13. The van der Waals surface area contributed by atoms with Crippen LogP contribution in [0, 0.1) is 0 Å². The highest BCUT2D eigenvalue weighted by Gasteiger charge is 2.12. The Kier molecular flexibility index (Phi) is 8.25. The summed E-state index contributed by atoms with van der Waals surface area (Å²) < 4.78 is 4.87. The highest BCUT2D eigenvalue weighted by atomic mass is 16.5. The largest absolute Gasteiger partial charge is 0.452 e. The Hall–Kier alpha value is -1.77. The second-order valence-electron chi connectivity index (χ2n) is 5.37. The number of rotatable bonds is 8. The molecule has 3 nitrogen and oxygen atoms in total. The number of benzene rings is 1. The van der Waals surface area contributed by atoms with Crippen molar-refractivity contribution in [2.75, 3.05) is 7.11 Å². The molecule has 0 atom stereocenters. The summed E-state index contributed by atoms with van der Waals surface area (Å²) in [6.45, 7) is 4.83. The van der Waals surface area contributed by atoms with E-state index in [1.165, 1.54) is 38.4 Å². The molecule has 0 aromatic heterocycles. The monoisotopic (exact) mass is 289 g/mol. The van der Waals surface area contributed by atoms with Gasteiger partial charge in [0.2, 0.25) is 0 Å². The number of carbonyl (C=O) groups excluding carboxylic acids is 1. The molecular weight excluding hydrogens is 262 g/mol. The molecule has 1 amide bonds. The summed E-state index contributed by atoms with van der Waals surface area (Å²) in [5.74, 6) is 0. The lowest BCUT2D eigenvalue weighted by Crippen LogP contribution is -2.25. The van der Waals surface area contributed by atoms with Crippen LogP contribution >= 0.6 is 0 Å². The Morgan fingerprint density at radius 2 is 1.90 bits per heavy atom. The van der Waals surface area contributed by atoms with Gasteiger partial charge in [-0.2, -0.15) is 0 Å². The van der Waals surface area contributed by atoms with Crippen LogP contribution < -0.4 is 0 Å². The van der Waals surface area contributed by atoms with Crippen LogP contribution in [0.5, 0.6) is 0 Å². The number of hydrogen-bond acceptors (Lipinski definition) is 2. The molecule has 0 spiro atoms. The fourth-order valence-electron chi connectivity index (χ4n) is 2.22. The van der Waals surface area contributed by atoms with E-state index in [0.29, 0.717) is 6.54 Å². The van der Waals surface area contributed by atoms with Crippen LogP contribution in [0.2, 0.25) is 0 Å². The van der Waals surface area contributed by atoms with E-state index >= 15 is 0 Å². The van der Waals surface area contributed by atoms with E-state index in [0.717, 1.165) is 12.0 Å². The van der Waals surface area contributed by atoms with Crippen molar-refractivity contribution in [3.8, 4) is 0 Å². The minimum absolute atomic E-state index is 0.313.